The average Bonchev–Trinajstić information content (AvgIpc) is 2.89. The van der Waals surface area contributed by atoms with Crippen molar-refractivity contribution in [3.05, 3.63) is 62.4 Å². The number of rotatable bonds is 6. The van der Waals surface area contributed by atoms with Crippen molar-refractivity contribution in [2.24, 2.45) is 0 Å². The number of hydrogen-bond acceptors (Lipinski definition) is 3. The molecule has 0 fully saturated rings. The molecule has 112 valence electrons. The molecular weight excluding hydrogens is 334 g/mol. The Kier molecular flexibility index (Phi) is 5.14. The molecule has 0 saturated heterocycles. The van der Waals surface area contributed by atoms with E-state index in [0.717, 1.165) is 6.54 Å². The second kappa shape index (κ2) is 6.87. The average molecular weight is 352 g/mol. The monoisotopic (exact) mass is 351 g/mol. The van der Waals surface area contributed by atoms with Crippen molar-refractivity contribution in [2.45, 2.75) is 26.4 Å². The number of benzene rings is 1. The van der Waals surface area contributed by atoms with Gasteiger partial charge >= 0.3 is 0 Å². The van der Waals surface area contributed by atoms with Gasteiger partial charge in [0.1, 0.15) is 0 Å². The fraction of sp³-hybridized carbons (Fsp3) is 0.333. The lowest BCUT2D eigenvalue weighted by molar-refractivity contribution is -0.385. The van der Waals surface area contributed by atoms with Gasteiger partial charge in [-0.05, 0) is 37.2 Å². The van der Waals surface area contributed by atoms with Crippen LogP contribution in [0.3, 0.4) is 0 Å². The van der Waals surface area contributed by atoms with Crippen LogP contribution in [0, 0.1) is 10.1 Å². The summed E-state index contributed by atoms with van der Waals surface area (Å²) >= 11 is 3.27. The maximum absolute atomic E-state index is 11.1. The van der Waals surface area contributed by atoms with Gasteiger partial charge in [0.25, 0.3) is 5.69 Å². The van der Waals surface area contributed by atoms with Gasteiger partial charge in [0.2, 0.25) is 0 Å². The van der Waals surface area contributed by atoms with Crippen LogP contribution in [0.25, 0.3) is 0 Å². The Balaban J connectivity index is 2.21. The van der Waals surface area contributed by atoms with Gasteiger partial charge in [0, 0.05) is 34.5 Å². The minimum absolute atomic E-state index is 0.138. The normalized spacial score (nSPS) is 12.3. The van der Waals surface area contributed by atoms with Gasteiger partial charge in [-0.3, -0.25) is 10.1 Å². The van der Waals surface area contributed by atoms with Gasteiger partial charge in [-0.1, -0.05) is 22.9 Å². The van der Waals surface area contributed by atoms with Crippen molar-refractivity contribution in [3.8, 4) is 0 Å². The summed E-state index contributed by atoms with van der Waals surface area (Å²) in [7, 11) is 0. The Morgan fingerprint density at radius 1 is 1.43 bits per heavy atom. The molecule has 1 heterocycles. The summed E-state index contributed by atoms with van der Waals surface area (Å²) in [6, 6.07) is 7.47. The second-order valence-corrected chi connectivity index (χ2v) is 5.84. The van der Waals surface area contributed by atoms with E-state index in [4.69, 9.17) is 0 Å². The van der Waals surface area contributed by atoms with Gasteiger partial charge in [0.15, 0.2) is 0 Å². The van der Waals surface area contributed by atoms with Crippen LogP contribution in [0.1, 0.15) is 31.0 Å². The van der Waals surface area contributed by atoms with E-state index in [1.807, 2.05) is 29.1 Å². The van der Waals surface area contributed by atoms with Crippen LogP contribution >= 0.6 is 15.9 Å². The van der Waals surface area contributed by atoms with Crippen molar-refractivity contribution in [1.82, 2.24) is 9.88 Å². The third kappa shape index (κ3) is 3.92. The molecule has 0 aliphatic carbocycles. The highest BCUT2D eigenvalue weighted by Gasteiger charge is 2.15. The molecule has 0 bridgehead atoms. The van der Waals surface area contributed by atoms with Crippen LogP contribution < -0.4 is 5.32 Å². The molecule has 1 unspecified atom stereocenters. The van der Waals surface area contributed by atoms with E-state index in [-0.39, 0.29) is 16.7 Å². The Bertz CT molecular complexity index is 640. The number of nitro groups is 1. The predicted octanol–water partition coefficient (Wildman–Crippen LogP) is 3.88. The van der Waals surface area contributed by atoms with Crippen molar-refractivity contribution in [3.63, 3.8) is 0 Å². The van der Waals surface area contributed by atoms with Crippen LogP contribution in [-0.2, 0) is 6.54 Å². The molecule has 0 aliphatic heterocycles. The molecule has 1 aromatic heterocycles. The molecule has 0 saturated carbocycles. The zero-order chi connectivity index (χ0) is 15.4. The van der Waals surface area contributed by atoms with E-state index in [0.29, 0.717) is 16.6 Å². The zero-order valence-corrected chi connectivity index (χ0v) is 13.6. The van der Waals surface area contributed by atoms with Crippen LogP contribution in [0.15, 0.2) is 41.1 Å². The van der Waals surface area contributed by atoms with Crippen LogP contribution in [0.2, 0.25) is 0 Å². The molecule has 0 radical (unpaired) electrons. The van der Waals surface area contributed by atoms with E-state index >= 15 is 0 Å². The molecule has 0 amide bonds. The van der Waals surface area contributed by atoms with Crippen molar-refractivity contribution in [1.29, 1.82) is 0 Å². The van der Waals surface area contributed by atoms with E-state index in [1.54, 1.807) is 12.1 Å². The quantitative estimate of drug-likeness (QED) is 0.634. The lowest BCUT2D eigenvalue weighted by atomic mass is 10.2. The Morgan fingerprint density at radius 2 is 2.19 bits per heavy atom. The van der Waals surface area contributed by atoms with Crippen molar-refractivity contribution in [2.75, 3.05) is 6.54 Å². The summed E-state index contributed by atoms with van der Waals surface area (Å²) in [5, 5.41) is 14.5. The maximum Gasteiger partial charge on any atom is 0.275 e. The van der Waals surface area contributed by atoms with Crippen molar-refractivity contribution >= 4 is 21.6 Å². The summed E-state index contributed by atoms with van der Waals surface area (Å²) in [6.07, 6.45) is 3.98. The topological polar surface area (TPSA) is 60.1 Å². The number of nitro benzene ring substituents is 1. The van der Waals surface area contributed by atoms with Gasteiger partial charge in [-0.15, -0.1) is 0 Å². The summed E-state index contributed by atoms with van der Waals surface area (Å²) < 4.78 is 2.69. The number of nitrogens with one attached hydrogen (secondary N) is 1. The van der Waals surface area contributed by atoms with Crippen LogP contribution in [0.5, 0.6) is 0 Å². The molecule has 2 aromatic rings. The Hall–Kier alpha value is -1.66. The van der Waals surface area contributed by atoms with Crippen LogP contribution in [0.4, 0.5) is 5.69 Å². The second-order valence-electron chi connectivity index (χ2n) is 4.93. The first kappa shape index (κ1) is 15.7. The predicted molar refractivity (Wildman–Crippen MR) is 86.4 cm³/mol. The largest absolute Gasteiger partial charge is 0.349 e. The van der Waals surface area contributed by atoms with Gasteiger partial charge < -0.3 is 9.88 Å². The van der Waals surface area contributed by atoms with Gasteiger partial charge in [-0.2, -0.15) is 0 Å². The van der Waals surface area contributed by atoms with Gasteiger partial charge in [0.05, 0.1) is 11.5 Å². The number of aromatic nitrogens is 1. The molecule has 6 heteroatoms. The molecule has 21 heavy (non-hydrogen) atoms. The minimum atomic E-state index is -0.341. The molecule has 2 rings (SSSR count). The number of halogens is 1. The maximum atomic E-state index is 11.1. The van der Waals surface area contributed by atoms with E-state index in [1.165, 1.54) is 5.56 Å². The fourth-order valence-corrected chi connectivity index (χ4v) is 2.62. The highest BCUT2D eigenvalue weighted by molar-refractivity contribution is 9.10. The molecule has 0 spiro atoms. The summed E-state index contributed by atoms with van der Waals surface area (Å²) in [5.74, 6) is 0. The van der Waals surface area contributed by atoms with Gasteiger partial charge in [-0.25, -0.2) is 0 Å². The highest BCUT2D eigenvalue weighted by atomic mass is 79.9. The summed E-state index contributed by atoms with van der Waals surface area (Å²) in [6.45, 7) is 5.57. The number of hydrogen-bond donors (Lipinski definition) is 1. The lowest BCUT2D eigenvalue weighted by Gasteiger charge is -2.10. The minimum Gasteiger partial charge on any atom is -0.349 e. The lowest BCUT2D eigenvalue weighted by Crippen LogP contribution is -2.17. The summed E-state index contributed by atoms with van der Waals surface area (Å²) in [4.78, 5) is 10.8. The smallest absolute Gasteiger partial charge is 0.275 e. The highest BCUT2D eigenvalue weighted by Crippen LogP contribution is 2.25. The Morgan fingerprint density at radius 3 is 2.86 bits per heavy atom. The molecular formula is C15H18BrN3O2. The third-order valence-electron chi connectivity index (χ3n) is 3.38. The molecule has 0 aliphatic rings. The third-order valence-corrected chi connectivity index (χ3v) is 3.87. The zero-order valence-electron chi connectivity index (χ0n) is 12.0. The Labute approximate surface area is 132 Å². The molecule has 5 nitrogen and oxygen atoms in total. The first-order valence-electron chi connectivity index (χ1n) is 6.83. The first-order valence-corrected chi connectivity index (χ1v) is 7.62. The molecule has 1 N–H and O–H groups in total. The SMILES string of the molecule is CCNC(C)c1ccn(Cc2ccc(Br)cc2[N+](=O)[O-])c1. The van der Waals surface area contributed by atoms with E-state index < -0.39 is 0 Å². The molecule has 1 aromatic carbocycles. The summed E-state index contributed by atoms with van der Waals surface area (Å²) in [5.41, 5.74) is 2.01. The molecule has 1 atom stereocenters. The van der Waals surface area contributed by atoms with E-state index in [9.17, 15) is 10.1 Å². The van der Waals surface area contributed by atoms with E-state index in [2.05, 4.69) is 35.1 Å². The number of nitrogens with zero attached hydrogens (tertiary/aromatic N) is 2. The van der Waals surface area contributed by atoms with Crippen molar-refractivity contribution < 1.29 is 4.92 Å². The van der Waals surface area contributed by atoms with Crippen LogP contribution in [-0.4, -0.2) is 16.0 Å². The first-order chi connectivity index (χ1) is 10.0. The standard InChI is InChI=1S/C15H18BrN3O2/c1-3-17-11(2)12-6-7-18(9-12)10-13-4-5-14(16)8-15(13)19(20)21/h4-9,11,17H,3,10H2,1-2H3. The fourth-order valence-electron chi connectivity index (χ4n) is 2.28.